The number of anilines is 2. The zero-order valence-corrected chi connectivity index (χ0v) is 18.6. The lowest BCUT2D eigenvalue weighted by Gasteiger charge is -2.21. The highest BCUT2D eigenvalue weighted by Gasteiger charge is 2.23. The number of carbonyl (C=O) groups is 1. The molecule has 0 spiro atoms. The molecule has 1 aromatic heterocycles. The summed E-state index contributed by atoms with van der Waals surface area (Å²) in [5, 5.41) is 9.56. The molecule has 0 N–H and O–H groups in total. The van der Waals surface area contributed by atoms with E-state index in [1.54, 1.807) is 17.0 Å². The van der Waals surface area contributed by atoms with Crippen molar-refractivity contribution in [3.8, 4) is 5.69 Å². The summed E-state index contributed by atoms with van der Waals surface area (Å²) in [6, 6.07) is 14.2. The highest BCUT2D eigenvalue weighted by molar-refractivity contribution is 7.99. The average Bonchev–Trinajstić information content (AvgIpc) is 3.44. The van der Waals surface area contributed by atoms with Crippen molar-refractivity contribution in [3.05, 3.63) is 59.9 Å². The van der Waals surface area contributed by atoms with Gasteiger partial charge in [-0.3, -0.25) is 9.36 Å². The van der Waals surface area contributed by atoms with Crippen molar-refractivity contribution in [1.82, 2.24) is 14.8 Å². The fraction of sp³-hybridized carbons (Fsp3) is 0.348. The number of aryl methyl sites for hydroxylation is 1. The number of carbonyl (C=O) groups excluding carboxylic acids is 1. The Bertz CT molecular complexity index is 1030. The molecule has 0 aliphatic carbocycles. The summed E-state index contributed by atoms with van der Waals surface area (Å²) < 4.78 is 15.3. The van der Waals surface area contributed by atoms with E-state index in [1.165, 1.54) is 29.5 Å². The highest BCUT2D eigenvalue weighted by atomic mass is 32.2. The number of halogens is 1. The molecule has 162 valence electrons. The molecule has 1 aliphatic rings. The molecule has 31 heavy (non-hydrogen) atoms. The minimum Gasteiger partial charge on any atom is -0.341 e. The monoisotopic (exact) mass is 439 g/mol. The topological polar surface area (TPSA) is 54.3 Å². The lowest BCUT2D eigenvalue weighted by molar-refractivity contribution is -0.116. The average molecular weight is 440 g/mol. The molecule has 1 fully saturated rings. The number of hydrogen-bond acceptors (Lipinski definition) is 5. The van der Waals surface area contributed by atoms with E-state index in [0.29, 0.717) is 17.4 Å². The predicted octanol–water partition coefficient (Wildman–Crippen LogP) is 4.46. The van der Waals surface area contributed by atoms with Gasteiger partial charge in [0.1, 0.15) is 5.82 Å². The van der Waals surface area contributed by atoms with Gasteiger partial charge in [-0.15, -0.1) is 10.2 Å². The Balaban J connectivity index is 1.57. The number of nitrogens with zero attached hydrogens (tertiary/aromatic N) is 5. The van der Waals surface area contributed by atoms with E-state index < -0.39 is 0 Å². The molecule has 2 heterocycles. The van der Waals surface area contributed by atoms with E-state index in [-0.39, 0.29) is 17.5 Å². The molecule has 8 heteroatoms. The van der Waals surface area contributed by atoms with E-state index in [0.717, 1.165) is 37.6 Å². The first kappa shape index (κ1) is 21.4. The van der Waals surface area contributed by atoms with Gasteiger partial charge in [-0.05, 0) is 63.1 Å². The van der Waals surface area contributed by atoms with Crippen molar-refractivity contribution >= 4 is 29.3 Å². The normalized spacial score (nSPS) is 13.6. The molecular weight excluding hydrogens is 413 g/mol. The van der Waals surface area contributed by atoms with Crippen molar-refractivity contribution in [2.24, 2.45) is 0 Å². The van der Waals surface area contributed by atoms with Gasteiger partial charge >= 0.3 is 0 Å². The van der Waals surface area contributed by atoms with Gasteiger partial charge in [0, 0.05) is 25.3 Å². The fourth-order valence-corrected chi connectivity index (χ4v) is 4.55. The molecule has 0 bridgehead atoms. The number of thioether (sulfide) groups is 1. The van der Waals surface area contributed by atoms with Gasteiger partial charge in [0.25, 0.3) is 0 Å². The molecule has 1 aliphatic heterocycles. The minimum atomic E-state index is -0.317. The first-order valence-corrected chi connectivity index (χ1v) is 11.5. The SMILES string of the molecule is CCN(C(=O)CSc1nnc(N2CCCC2)n1-c1ccc(C)cc1)c1ccc(F)cc1. The van der Waals surface area contributed by atoms with E-state index in [4.69, 9.17) is 0 Å². The van der Waals surface area contributed by atoms with Gasteiger partial charge < -0.3 is 9.80 Å². The van der Waals surface area contributed by atoms with E-state index in [1.807, 2.05) is 11.5 Å². The Morgan fingerprint density at radius 1 is 1.06 bits per heavy atom. The maximum absolute atomic E-state index is 13.3. The standard InChI is InChI=1S/C23H26FN5OS/c1-3-28(19-12-8-18(24)9-13-19)21(30)16-31-23-26-25-22(27-14-4-5-15-27)29(23)20-10-6-17(2)7-11-20/h6-13H,3-5,14-16H2,1-2H3. The molecular formula is C23H26FN5OS. The molecule has 1 saturated heterocycles. The van der Waals surface area contributed by atoms with Gasteiger partial charge in [-0.2, -0.15) is 0 Å². The van der Waals surface area contributed by atoms with Crippen molar-refractivity contribution in [1.29, 1.82) is 0 Å². The molecule has 6 nitrogen and oxygen atoms in total. The molecule has 2 aromatic carbocycles. The summed E-state index contributed by atoms with van der Waals surface area (Å²) in [6.45, 7) is 6.39. The van der Waals surface area contributed by atoms with E-state index in [2.05, 4.69) is 46.3 Å². The third-order valence-corrected chi connectivity index (χ3v) is 6.29. The number of amides is 1. The molecule has 4 rings (SSSR count). The lowest BCUT2D eigenvalue weighted by atomic mass is 10.2. The predicted molar refractivity (Wildman–Crippen MR) is 123 cm³/mol. The van der Waals surface area contributed by atoms with Crippen molar-refractivity contribution < 1.29 is 9.18 Å². The van der Waals surface area contributed by atoms with Crippen LogP contribution in [-0.4, -0.2) is 46.1 Å². The Labute approximate surface area is 186 Å². The zero-order chi connectivity index (χ0) is 21.8. The highest BCUT2D eigenvalue weighted by Crippen LogP contribution is 2.29. The van der Waals surface area contributed by atoms with Crippen LogP contribution < -0.4 is 9.80 Å². The van der Waals surface area contributed by atoms with Crippen LogP contribution in [0.2, 0.25) is 0 Å². The Morgan fingerprint density at radius 2 is 1.74 bits per heavy atom. The molecule has 0 atom stereocenters. The largest absolute Gasteiger partial charge is 0.341 e. The quantitative estimate of drug-likeness (QED) is 0.509. The summed E-state index contributed by atoms with van der Waals surface area (Å²) in [4.78, 5) is 16.8. The molecule has 0 radical (unpaired) electrons. The number of hydrogen-bond donors (Lipinski definition) is 0. The van der Waals surface area contributed by atoms with Crippen LogP contribution in [0.1, 0.15) is 25.3 Å². The van der Waals surface area contributed by atoms with Gasteiger partial charge in [0.05, 0.1) is 11.4 Å². The van der Waals surface area contributed by atoms with Crippen LogP contribution in [0, 0.1) is 12.7 Å². The maximum Gasteiger partial charge on any atom is 0.237 e. The van der Waals surface area contributed by atoms with E-state index in [9.17, 15) is 9.18 Å². The second-order valence-corrected chi connectivity index (χ2v) is 8.49. The smallest absolute Gasteiger partial charge is 0.237 e. The molecule has 1 amide bonds. The van der Waals surface area contributed by atoms with Crippen LogP contribution >= 0.6 is 11.8 Å². The number of benzene rings is 2. The van der Waals surface area contributed by atoms with Crippen LogP contribution in [-0.2, 0) is 4.79 Å². The maximum atomic E-state index is 13.3. The van der Waals surface area contributed by atoms with Crippen LogP contribution in [0.5, 0.6) is 0 Å². The van der Waals surface area contributed by atoms with Gasteiger partial charge in [-0.1, -0.05) is 29.5 Å². The van der Waals surface area contributed by atoms with Crippen LogP contribution in [0.3, 0.4) is 0 Å². The first-order chi connectivity index (χ1) is 15.1. The van der Waals surface area contributed by atoms with Crippen LogP contribution in [0.25, 0.3) is 5.69 Å². The summed E-state index contributed by atoms with van der Waals surface area (Å²) in [5.74, 6) is 0.666. The summed E-state index contributed by atoms with van der Waals surface area (Å²) in [7, 11) is 0. The number of rotatable bonds is 7. The lowest BCUT2D eigenvalue weighted by Crippen LogP contribution is -2.32. The summed E-state index contributed by atoms with van der Waals surface area (Å²) >= 11 is 1.37. The van der Waals surface area contributed by atoms with Gasteiger partial charge in [0.2, 0.25) is 11.9 Å². The molecule has 0 saturated carbocycles. The minimum absolute atomic E-state index is 0.0553. The second-order valence-electron chi connectivity index (χ2n) is 7.55. The van der Waals surface area contributed by atoms with Gasteiger partial charge in [0.15, 0.2) is 5.16 Å². The fourth-order valence-electron chi connectivity index (χ4n) is 3.73. The Kier molecular flexibility index (Phi) is 6.56. The molecule has 3 aromatic rings. The zero-order valence-electron chi connectivity index (χ0n) is 17.8. The first-order valence-electron chi connectivity index (χ1n) is 10.5. The summed E-state index contributed by atoms with van der Waals surface area (Å²) in [6.07, 6.45) is 2.29. The summed E-state index contributed by atoms with van der Waals surface area (Å²) in [5.41, 5.74) is 2.85. The second kappa shape index (κ2) is 9.51. The third kappa shape index (κ3) is 4.74. The van der Waals surface area contributed by atoms with Crippen molar-refractivity contribution in [2.75, 3.05) is 35.2 Å². The van der Waals surface area contributed by atoms with E-state index >= 15 is 0 Å². The third-order valence-electron chi connectivity index (χ3n) is 5.38. The van der Waals surface area contributed by atoms with Crippen LogP contribution in [0.4, 0.5) is 16.0 Å². The number of aromatic nitrogens is 3. The molecule has 0 unspecified atom stereocenters. The van der Waals surface area contributed by atoms with Gasteiger partial charge in [-0.25, -0.2) is 4.39 Å². The Hall–Kier alpha value is -2.87. The van der Waals surface area contributed by atoms with Crippen LogP contribution in [0.15, 0.2) is 53.7 Å². The van der Waals surface area contributed by atoms with Crippen molar-refractivity contribution in [3.63, 3.8) is 0 Å². The van der Waals surface area contributed by atoms with Crippen molar-refractivity contribution in [2.45, 2.75) is 31.8 Å². The Morgan fingerprint density at radius 3 is 2.39 bits per heavy atom.